The van der Waals surface area contributed by atoms with Crippen LogP contribution in [0.25, 0.3) is 0 Å². The summed E-state index contributed by atoms with van der Waals surface area (Å²) in [4.78, 5) is 2.50. The first-order valence-electron chi connectivity index (χ1n) is 7.58. The Labute approximate surface area is 112 Å². The highest BCUT2D eigenvalue weighted by Crippen LogP contribution is 2.42. The molecule has 0 spiro atoms. The minimum absolute atomic E-state index is 0.182. The quantitative estimate of drug-likeness (QED) is 0.817. The van der Waals surface area contributed by atoms with Crippen molar-refractivity contribution in [2.45, 2.75) is 51.5 Å². The van der Waals surface area contributed by atoms with Crippen LogP contribution in [-0.2, 0) is 0 Å². The first-order valence-corrected chi connectivity index (χ1v) is 7.58. The zero-order valence-corrected chi connectivity index (χ0v) is 11.9. The Morgan fingerprint density at radius 3 is 2.78 bits per heavy atom. The van der Waals surface area contributed by atoms with Gasteiger partial charge in [-0.05, 0) is 37.6 Å². The molecular weight excluding hydrogens is 222 g/mol. The van der Waals surface area contributed by atoms with Crippen molar-refractivity contribution in [3.05, 3.63) is 0 Å². The van der Waals surface area contributed by atoms with E-state index in [9.17, 15) is 5.26 Å². The molecule has 0 radical (unpaired) electrons. The van der Waals surface area contributed by atoms with Crippen LogP contribution in [-0.4, -0.2) is 36.6 Å². The van der Waals surface area contributed by atoms with E-state index in [0.29, 0.717) is 11.8 Å². The number of hydrogen-bond donors (Lipinski definition) is 1. The van der Waals surface area contributed by atoms with Crippen molar-refractivity contribution in [3.63, 3.8) is 0 Å². The molecule has 102 valence electrons. The molecule has 0 bridgehead atoms. The predicted octanol–water partition coefficient (Wildman–Crippen LogP) is 2.39. The minimum Gasteiger partial charge on any atom is -0.315 e. The summed E-state index contributed by atoms with van der Waals surface area (Å²) in [5.74, 6) is 1.16. The summed E-state index contributed by atoms with van der Waals surface area (Å²) in [7, 11) is 0. The second-order valence-electron chi connectivity index (χ2n) is 6.22. The molecule has 1 saturated heterocycles. The number of nitrogens with one attached hydrogen (secondary N) is 1. The van der Waals surface area contributed by atoms with E-state index in [2.05, 4.69) is 30.1 Å². The van der Waals surface area contributed by atoms with Gasteiger partial charge < -0.3 is 5.32 Å². The van der Waals surface area contributed by atoms with Gasteiger partial charge in [0, 0.05) is 19.6 Å². The Balaban J connectivity index is 2.22. The van der Waals surface area contributed by atoms with Gasteiger partial charge in [0.2, 0.25) is 0 Å². The lowest BCUT2D eigenvalue weighted by molar-refractivity contribution is 0.0274. The lowest BCUT2D eigenvalue weighted by Gasteiger charge is -2.48. The Kier molecular flexibility index (Phi) is 4.64. The molecule has 2 aliphatic rings. The van der Waals surface area contributed by atoms with Crippen molar-refractivity contribution in [2.75, 3.05) is 26.2 Å². The van der Waals surface area contributed by atoms with Gasteiger partial charge >= 0.3 is 0 Å². The first-order chi connectivity index (χ1) is 8.70. The summed E-state index contributed by atoms with van der Waals surface area (Å²) in [5.41, 5.74) is -0.182. The van der Waals surface area contributed by atoms with Gasteiger partial charge in [0.1, 0.15) is 5.54 Å². The highest BCUT2D eigenvalue weighted by molar-refractivity contribution is 5.14. The van der Waals surface area contributed by atoms with Gasteiger partial charge in [-0.15, -0.1) is 0 Å². The van der Waals surface area contributed by atoms with Gasteiger partial charge in [0.25, 0.3) is 0 Å². The second kappa shape index (κ2) is 6.04. The molecule has 1 aliphatic carbocycles. The lowest BCUT2D eigenvalue weighted by Crippen LogP contribution is -2.56. The van der Waals surface area contributed by atoms with Crippen molar-refractivity contribution in [1.82, 2.24) is 10.2 Å². The van der Waals surface area contributed by atoms with Crippen molar-refractivity contribution >= 4 is 0 Å². The molecule has 2 rings (SSSR count). The highest BCUT2D eigenvalue weighted by atomic mass is 15.2. The molecule has 3 nitrogen and oxygen atoms in total. The summed E-state index contributed by atoms with van der Waals surface area (Å²) in [6.45, 7) is 8.84. The fourth-order valence-electron chi connectivity index (χ4n) is 3.91. The van der Waals surface area contributed by atoms with E-state index in [1.54, 1.807) is 0 Å². The monoisotopic (exact) mass is 249 g/mol. The third kappa shape index (κ3) is 2.55. The van der Waals surface area contributed by atoms with Gasteiger partial charge in [0.15, 0.2) is 0 Å². The molecule has 0 amide bonds. The maximum atomic E-state index is 9.89. The lowest BCUT2D eigenvalue weighted by atomic mass is 9.67. The molecule has 2 unspecified atom stereocenters. The summed E-state index contributed by atoms with van der Waals surface area (Å²) < 4.78 is 0. The number of nitrogens with zero attached hydrogens (tertiary/aromatic N) is 2. The molecule has 0 aromatic carbocycles. The summed E-state index contributed by atoms with van der Waals surface area (Å²) >= 11 is 0. The maximum absolute atomic E-state index is 9.89. The second-order valence-corrected chi connectivity index (χ2v) is 6.22. The van der Waals surface area contributed by atoms with E-state index < -0.39 is 0 Å². The maximum Gasteiger partial charge on any atom is 0.112 e. The van der Waals surface area contributed by atoms with E-state index in [0.717, 1.165) is 32.6 Å². The molecule has 2 atom stereocenters. The number of nitriles is 1. The number of hydrogen-bond acceptors (Lipinski definition) is 3. The molecule has 18 heavy (non-hydrogen) atoms. The Hall–Kier alpha value is -0.590. The standard InChI is InChI=1S/C15H27N3/c1-13(2)14-6-3-4-7-15(14,12-16)18-10-5-8-17-9-11-18/h13-14,17H,3-11H2,1-2H3. The van der Waals surface area contributed by atoms with Gasteiger partial charge in [-0.25, -0.2) is 0 Å². The van der Waals surface area contributed by atoms with Crippen molar-refractivity contribution in [3.8, 4) is 6.07 Å². The molecule has 1 heterocycles. The fraction of sp³-hybridized carbons (Fsp3) is 0.933. The van der Waals surface area contributed by atoms with Gasteiger partial charge in [0.05, 0.1) is 6.07 Å². The molecule has 1 aliphatic heterocycles. The Bertz CT molecular complexity index is 299. The van der Waals surface area contributed by atoms with Crippen LogP contribution in [0, 0.1) is 23.2 Å². The summed E-state index contributed by atoms with van der Waals surface area (Å²) in [6, 6.07) is 2.74. The summed E-state index contributed by atoms with van der Waals surface area (Å²) in [5, 5.41) is 13.3. The van der Waals surface area contributed by atoms with Crippen molar-refractivity contribution in [1.29, 1.82) is 5.26 Å². The van der Waals surface area contributed by atoms with E-state index in [4.69, 9.17) is 0 Å². The Morgan fingerprint density at radius 1 is 1.22 bits per heavy atom. The van der Waals surface area contributed by atoms with E-state index in [1.165, 1.54) is 25.7 Å². The third-order valence-corrected chi connectivity index (χ3v) is 4.84. The highest BCUT2D eigenvalue weighted by Gasteiger charge is 2.46. The molecule has 1 N–H and O–H groups in total. The third-order valence-electron chi connectivity index (χ3n) is 4.84. The molecule has 2 fully saturated rings. The van der Waals surface area contributed by atoms with Gasteiger partial charge in [-0.1, -0.05) is 26.7 Å². The van der Waals surface area contributed by atoms with Crippen LogP contribution in [0.4, 0.5) is 0 Å². The molecular formula is C15H27N3. The normalized spacial score (nSPS) is 35.1. The van der Waals surface area contributed by atoms with Crippen LogP contribution in [0.1, 0.15) is 46.0 Å². The molecule has 1 saturated carbocycles. The largest absolute Gasteiger partial charge is 0.315 e. The zero-order valence-electron chi connectivity index (χ0n) is 11.9. The fourth-order valence-corrected chi connectivity index (χ4v) is 3.91. The van der Waals surface area contributed by atoms with Crippen LogP contribution in [0.2, 0.25) is 0 Å². The first kappa shape index (κ1) is 13.8. The van der Waals surface area contributed by atoms with Gasteiger partial charge in [-0.3, -0.25) is 4.90 Å². The molecule has 3 heteroatoms. The van der Waals surface area contributed by atoms with E-state index in [1.807, 2.05) is 0 Å². The van der Waals surface area contributed by atoms with Gasteiger partial charge in [-0.2, -0.15) is 5.26 Å². The van der Waals surface area contributed by atoms with Crippen LogP contribution in [0.3, 0.4) is 0 Å². The van der Waals surface area contributed by atoms with E-state index >= 15 is 0 Å². The number of rotatable bonds is 2. The van der Waals surface area contributed by atoms with Crippen molar-refractivity contribution in [2.24, 2.45) is 11.8 Å². The van der Waals surface area contributed by atoms with E-state index in [-0.39, 0.29) is 5.54 Å². The average molecular weight is 249 g/mol. The summed E-state index contributed by atoms with van der Waals surface area (Å²) in [6.07, 6.45) is 6.01. The topological polar surface area (TPSA) is 39.1 Å². The van der Waals surface area contributed by atoms with Crippen LogP contribution in [0.15, 0.2) is 0 Å². The van der Waals surface area contributed by atoms with Crippen LogP contribution >= 0.6 is 0 Å². The smallest absolute Gasteiger partial charge is 0.112 e. The van der Waals surface area contributed by atoms with Crippen LogP contribution < -0.4 is 5.32 Å². The Morgan fingerprint density at radius 2 is 2.06 bits per heavy atom. The van der Waals surface area contributed by atoms with Crippen molar-refractivity contribution < 1.29 is 0 Å². The average Bonchev–Trinajstić information content (AvgIpc) is 2.67. The zero-order chi connectivity index (χ0) is 13.0. The predicted molar refractivity (Wildman–Crippen MR) is 74.2 cm³/mol. The molecule has 0 aromatic rings. The SMILES string of the molecule is CC(C)C1CCCCC1(C#N)N1CCCNCC1. The van der Waals surface area contributed by atoms with Crippen LogP contribution in [0.5, 0.6) is 0 Å². The molecule has 0 aromatic heterocycles. The minimum atomic E-state index is -0.182.